The van der Waals surface area contributed by atoms with Crippen LogP contribution in [0.15, 0.2) is 48.5 Å². The van der Waals surface area contributed by atoms with Crippen LogP contribution in [0.4, 0.5) is 13.2 Å². The van der Waals surface area contributed by atoms with Gasteiger partial charge >= 0.3 is 19.3 Å². The number of carbonyl (C=O) groups is 2. The molecule has 6 nitrogen and oxygen atoms in total. The second kappa shape index (κ2) is 8.83. The summed E-state index contributed by atoms with van der Waals surface area (Å²) < 4.78 is 50.7. The Balaban J connectivity index is 1.69. The van der Waals surface area contributed by atoms with Crippen molar-refractivity contribution in [1.82, 2.24) is 5.32 Å². The molecule has 0 bridgehead atoms. The molecule has 176 valence electrons. The summed E-state index contributed by atoms with van der Waals surface area (Å²) in [6.07, 6.45) is -4.66. The first-order valence-electron chi connectivity index (χ1n) is 10.3. The molecule has 0 saturated carbocycles. The number of hydrogen-bond donors (Lipinski definition) is 2. The van der Waals surface area contributed by atoms with Gasteiger partial charge in [-0.25, -0.2) is 4.79 Å². The van der Waals surface area contributed by atoms with Crippen molar-refractivity contribution < 1.29 is 37.2 Å². The minimum Gasteiger partial charge on any atom is -0.480 e. The standard InChI is InChI=1S/C23H25BF3NO5/c1-21(2)22(3,4)33-24(32-21)17-10-8-14(9-11-17)12-18(20(30)31)28-19(29)15-6-5-7-16(13-15)23(25,26)27/h5-11,13,18H,12H2,1-4H3,(H,28,29)(H,30,31)/t18-/m0/s1. The maximum Gasteiger partial charge on any atom is 0.494 e. The molecule has 1 atom stereocenters. The molecule has 0 aliphatic carbocycles. The highest BCUT2D eigenvalue weighted by Gasteiger charge is 2.51. The molecular weight excluding hydrogens is 438 g/mol. The maximum absolute atomic E-state index is 12.9. The third kappa shape index (κ3) is 5.56. The number of hydrogen-bond acceptors (Lipinski definition) is 4. The van der Waals surface area contributed by atoms with Gasteiger partial charge in [0.05, 0.1) is 16.8 Å². The van der Waals surface area contributed by atoms with Gasteiger partial charge in [0.2, 0.25) is 0 Å². The van der Waals surface area contributed by atoms with Gasteiger partial charge in [-0.15, -0.1) is 0 Å². The minimum atomic E-state index is -4.61. The Kier molecular flexibility index (Phi) is 6.63. The summed E-state index contributed by atoms with van der Waals surface area (Å²) in [5, 5.41) is 11.8. The number of halogens is 3. The van der Waals surface area contributed by atoms with E-state index < -0.39 is 48.0 Å². The summed E-state index contributed by atoms with van der Waals surface area (Å²) in [5.41, 5.74) is -0.881. The van der Waals surface area contributed by atoms with E-state index in [1.54, 1.807) is 24.3 Å². The predicted molar refractivity (Wildman–Crippen MR) is 116 cm³/mol. The van der Waals surface area contributed by atoms with Crippen LogP contribution < -0.4 is 10.8 Å². The minimum absolute atomic E-state index is 0.0519. The van der Waals surface area contributed by atoms with Gasteiger partial charge in [0.1, 0.15) is 6.04 Å². The quantitative estimate of drug-likeness (QED) is 0.642. The summed E-state index contributed by atoms with van der Waals surface area (Å²) >= 11 is 0. The maximum atomic E-state index is 12.9. The molecule has 1 fully saturated rings. The van der Waals surface area contributed by atoms with Crippen LogP contribution in [0, 0.1) is 0 Å². The highest BCUT2D eigenvalue weighted by molar-refractivity contribution is 6.62. The summed E-state index contributed by atoms with van der Waals surface area (Å²) in [5.74, 6) is -2.20. The Hall–Kier alpha value is -2.85. The highest BCUT2D eigenvalue weighted by Crippen LogP contribution is 2.36. The van der Waals surface area contributed by atoms with Gasteiger partial charge in [0.15, 0.2) is 0 Å². The van der Waals surface area contributed by atoms with E-state index in [9.17, 15) is 27.9 Å². The van der Waals surface area contributed by atoms with E-state index in [0.717, 1.165) is 17.6 Å². The smallest absolute Gasteiger partial charge is 0.480 e. The lowest BCUT2D eigenvalue weighted by molar-refractivity contribution is -0.139. The Labute approximate surface area is 190 Å². The number of amides is 1. The molecule has 2 aromatic carbocycles. The first-order chi connectivity index (χ1) is 15.2. The number of benzene rings is 2. The lowest BCUT2D eigenvalue weighted by Crippen LogP contribution is -2.42. The Bertz CT molecular complexity index is 1020. The average Bonchev–Trinajstić information content (AvgIpc) is 2.94. The molecule has 1 aliphatic rings. The van der Waals surface area contributed by atoms with Crippen molar-refractivity contribution in [3.05, 3.63) is 65.2 Å². The Morgan fingerprint density at radius 1 is 1.03 bits per heavy atom. The summed E-state index contributed by atoms with van der Waals surface area (Å²) in [4.78, 5) is 24.1. The van der Waals surface area contributed by atoms with Crippen molar-refractivity contribution >= 4 is 24.5 Å². The molecule has 33 heavy (non-hydrogen) atoms. The van der Waals surface area contributed by atoms with Crippen molar-refractivity contribution in [3.63, 3.8) is 0 Å². The second-order valence-electron chi connectivity index (χ2n) is 8.98. The number of alkyl halides is 3. The fraction of sp³-hybridized carbons (Fsp3) is 0.391. The summed E-state index contributed by atoms with van der Waals surface area (Å²) in [6.45, 7) is 7.75. The lowest BCUT2D eigenvalue weighted by atomic mass is 9.78. The van der Waals surface area contributed by atoms with Crippen LogP contribution in [-0.4, -0.2) is 41.3 Å². The van der Waals surface area contributed by atoms with E-state index in [0.29, 0.717) is 11.6 Å². The van der Waals surface area contributed by atoms with Crippen LogP contribution in [0.1, 0.15) is 49.2 Å². The van der Waals surface area contributed by atoms with Gasteiger partial charge in [-0.05, 0) is 56.9 Å². The SMILES string of the molecule is CC1(C)OB(c2ccc(C[C@H](NC(=O)c3cccc(C(F)(F)F)c3)C(=O)O)cc2)OC1(C)C. The number of nitrogens with one attached hydrogen (secondary N) is 1. The normalized spacial score (nSPS) is 18.1. The van der Waals surface area contributed by atoms with E-state index in [4.69, 9.17) is 9.31 Å². The van der Waals surface area contributed by atoms with Crippen LogP contribution in [0.5, 0.6) is 0 Å². The molecule has 1 aliphatic heterocycles. The van der Waals surface area contributed by atoms with Gasteiger partial charge in [0, 0.05) is 12.0 Å². The lowest BCUT2D eigenvalue weighted by Gasteiger charge is -2.32. The molecule has 3 rings (SSSR count). The van der Waals surface area contributed by atoms with Gasteiger partial charge in [-0.1, -0.05) is 30.3 Å². The molecule has 0 radical (unpaired) electrons. The highest BCUT2D eigenvalue weighted by atomic mass is 19.4. The van der Waals surface area contributed by atoms with Crippen molar-refractivity contribution in [2.45, 2.75) is 57.5 Å². The fourth-order valence-corrected chi connectivity index (χ4v) is 3.30. The number of aliphatic carboxylic acids is 1. The van der Waals surface area contributed by atoms with Crippen LogP contribution in [0.2, 0.25) is 0 Å². The molecule has 1 heterocycles. The fourth-order valence-electron chi connectivity index (χ4n) is 3.30. The zero-order valence-corrected chi connectivity index (χ0v) is 18.7. The number of carboxylic acid groups (broad SMARTS) is 1. The van der Waals surface area contributed by atoms with Gasteiger partial charge in [0.25, 0.3) is 5.91 Å². The van der Waals surface area contributed by atoms with E-state index in [-0.39, 0.29) is 12.0 Å². The predicted octanol–water partition coefficient (Wildman–Crippen LogP) is 3.43. The van der Waals surface area contributed by atoms with Crippen molar-refractivity contribution in [1.29, 1.82) is 0 Å². The number of carboxylic acids is 1. The average molecular weight is 463 g/mol. The molecule has 0 aromatic heterocycles. The zero-order valence-electron chi connectivity index (χ0n) is 18.7. The molecule has 10 heteroatoms. The largest absolute Gasteiger partial charge is 0.494 e. The number of carbonyl (C=O) groups excluding carboxylic acids is 1. The first-order valence-corrected chi connectivity index (χ1v) is 10.3. The molecule has 0 unspecified atom stereocenters. The third-order valence-corrected chi connectivity index (χ3v) is 6.00. The molecule has 1 saturated heterocycles. The van der Waals surface area contributed by atoms with Crippen LogP contribution >= 0.6 is 0 Å². The van der Waals surface area contributed by atoms with Crippen LogP contribution in [0.3, 0.4) is 0 Å². The van der Waals surface area contributed by atoms with Crippen molar-refractivity contribution in [2.24, 2.45) is 0 Å². The van der Waals surface area contributed by atoms with Gasteiger partial charge in [-0.2, -0.15) is 13.2 Å². The second-order valence-corrected chi connectivity index (χ2v) is 8.98. The topological polar surface area (TPSA) is 84.9 Å². The van der Waals surface area contributed by atoms with E-state index in [1.165, 1.54) is 6.07 Å². The van der Waals surface area contributed by atoms with E-state index in [1.807, 2.05) is 27.7 Å². The summed E-state index contributed by atoms with van der Waals surface area (Å²) in [7, 11) is -0.570. The van der Waals surface area contributed by atoms with Gasteiger partial charge in [-0.3, -0.25) is 4.79 Å². The monoisotopic (exact) mass is 463 g/mol. The Morgan fingerprint density at radius 2 is 1.61 bits per heavy atom. The van der Waals surface area contributed by atoms with E-state index in [2.05, 4.69) is 5.32 Å². The first kappa shape index (κ1) is 24.8. The van der Waals surface area contributed by atoms with Gasteiger partial charge < -0.3 is 19.7 Å². The Morgan fingerprint density at radius 3 is 2.12 bits per heavy atom. The molecule has 2 N–H and O–H groups in total. The van der Waals surface area contributed by atoms with E-state index >= 15 is 0 Å². The molecular formula is C23H25BF3NO5. The summed E-state index contributed by atoms with van der Waals surface area (Å²) in [6, 6.07) is 9.41. The molecule has 1 amide bonds. The third-order valence-electron chi connectivity index (χ3n) is 6.00. The number of rotatable bonds is 6. The molecule has 2 aromatic rings. The zero-order chi connectivity index (χ0) is 24.6. The van der Waals surface area contributed by atoms with Crippen LogP contribution in [-0.2, 0) is 26.7 Å². The van der Waals surface area contributed by atoms with Crippen LogP contribution in [0.25, 0.3) is 0 Å². The molecule has 0 spiro atoms. The van der Waals surface area contributed by atoms with Crippen molar-refractivity contribution in [3.8, 4) is 0 Å². The van der Waals surface area contributed by atoms with Crippen molar-refractivity contribution in [2.75, 3.05) is 0 Å².